The normalized spacial score (nSPS) is 12.3. The smallest absolute Gasteiger partial charge is 0.120 e. The van der Waals surface area contributed by atoms with Gasteiger partial charge < -0.3 is 14.0 Å². The van der Waals surface area contributed by atoms with E-state index < -0.39 is 6.85 Å². The average Bonchev–Trinajstić information content (AvgIpc) is 3.80. The first-order valence-electron chi connectivity index (χ1n) is 19.6. The Balaban J connectivity index is 0.000000188. The van der Waals surface area contributed by atoms with E-state index in [0.29, 0.717) is 17.4 Å². The first kappa shape index (κ1) is 33.0. The fourth-order valence-corrected chi connectivity index (χ4v) is 7.02. The molecule has 0 aliphatic rings. The van der Waals surface area contributed by atoms with Gasteiger partial charge in [0.2, 0.25) is 0 Å². The van der Waals surface area contributed by atoms with Crippen molar-refractivity contribution in [1.82, 2.24) is 14.5 Å². The third-order valence-corrected chi connectivity index (χ3v) is 9.65. The van der Waals surface area contributed by atoms with Gasteiger partial charge in [0.05, 0.1) is 22.4 Å². The van der Waals surface area contributed by atoms with Crippen molar-refractivity contribution in [3.05, 3.63) is 175 Å². The van der Waals surface area contributed by atoms with Gasteiger partial charge in [0.1, 0.15) is 5.58 Å². The molecule has 0 amide bonds. The first-order valence-corrected chi connectivity index (χ1v) is 18.1. The van der Waals surface area contributed by atoms with Gasteiger partial charge in [-0.15, -0.1) is 54.1 Å². The van der Waals surface area contributed by atoms with Gasteiger partial charge in [-0.1, -0.05) is 123 Å². The number of benzene rings is 6. The zero-order valence-corrected chi connectivity index (χ0v) is 33.0. The van der Waals surface area contributed by atoms with Crippen LogP contribution in [0.25, 0.3) is 72.4 Å². The van der Waals surface area contributed by atoms with Crippen LogP contribution < -0.4 is 0 Å². The molecule has 0 aliphatic carbocycles. The molecule has 3 heterocycles. The van der Waals surface area contributed by atoms with Crippen LogP contribution >= 0.6 is 0 Å². The molecule has 9 aromatic rings. The van der Waals surface area contributed by atoms with Crippen LogP contribution in [0.1, 0.15) is 60.3 Å². The van der Waals surface area contributed by atoms with Crippen LogP contribution in [0.3, 0.4) is 0 Å². The number of hydrogen-bond donors (Lipinski definition) is 0. The van der Waals surface area contributed by atoms with Crippen molar-refractivity contribution in [3.8, 4) is 39.5 Å². The Bertz CT molecular complexity index is 2780. The molecule has 0 saturated carbocycles. The van der Waals surface area contributed by atoms with E-state index >= 15 is 0 Å². The summed E-state index contributed by atoms with van der Waals surface area (Å²) in [6, 6.07) is 52.5. The minimum absolute atomic E-state index is 0. The summed E-state index contributed by atoms with van der Waals surface area (Å²) in [6.07, 6.45) is 1.75. The third kappa shape index (κ3) is 7.06. The minimum atomic E-state index is -2.07. The fourth-order valence-electron chi connectivity index (χ4n) is 7.02. The van der Waals surface area contributed by atoms with E-state index in [-0.39, 0.29) is 20.1 Å². The maximum Gasteiger partial charge on any atom is 0.120 e. The number of nitrogens with zero attached hydrogens (tertiary/aromatic N) is 3. The molecule has 0 aliphatic heterocycles. The SMILES string of the molecule is CC(C)c1cccc(C(C)C)c1-n1c(-c2[c-]ccc3c2oc2ccccc23)nc2ccccc21.[2H]C([2H])([2H])c1ccc(-c2ccnc(-c3[c-]cccc3)c2)cc1.[Ir]. The van der Waals surface area contributed by atoms with E-state index in [1.54, 1.807) is 18.3 Å². The summed E-state index contributed by atoms with van der Waals surface area (Å²) in [6.45, 7) is 6.96. The van der Waals surface area contributed by atoms with E-state index in [0.717, 1.165) is 66.7 Å². The Morgan fingerprint density at radius 3 is 2.17 bits per heavy atom. The molecule has 0 fully saturated rings. The Hall–Kier alpha value is -5.61. The summed E-state index contributed by atoms with van der Waals surface area (Å²) in [5.41, 5.74) is 12.6. The molecule has 9 rings (SSSR count). The van der Waals surface area contributed by atoms with Gasteiger partial charge in [-0.3, -0.25) is 4.98 Å². The molecule has 269 valence electrons. The maximum atomic E-state index is 7.41. The zero-order valence-electron chi connectivity index (χ0n) is 33.6. The molecule has 0 atom stereocenters. The van der Waals surface area contributed by atoms with Crippen molar-refractivity contribution in [2.24, 2.45) is 0 Å². The van der Waals surface area contributed by atoms with Gasteiger partial charge in [-0.05, 0) is 70.9 Å². The summed E-state index contributed by atoms with van der Waals surface area (Å²) < 4.78 is 31.0. The van der Waals surface area contributed by atoms with Gasteiger partial charge >= 0.3 is 0 Å². The summed E-state index contributed by atoms with van der Waals surface area (Å²) in [5, 5.41) is 2.20. The Kier molecular flexibility index (Phi) is 9.64. The van der Waals surface area contributed by atoms with Crippen molar-refractivity contribution < 1.29 is 28.6 Å². The van der Waals surface area contributed by atoms with E-state index in [1.165, 1.54) is 16.8 Å². The van der Waals surface area contributed by atoms with Crippen LogP contribution in [0.15, 0.2) is 150 Å². The van der Waals surface area contributed by atoms with E-state index in [1.807, 2.05) is 72.8 Å². The molecule has 54 heavy (non-hydrogen) atoms. The quantitative estimate of drug-likeness (QED) is 0.156. The average molecular weight is 883 g/mol. The molecule has 1 radical (unpaired) electrons. The van der Waals surface area contributed by atoms with Gasteiger partial charge in [0, 0.05) is 41.5 Å². The summed E-state index contributed by atoms with van der Waals surface area (Å²) >= 11 is 0. The summed E-state index contributed by atoms with van der Waals surface area (Å²) in [7, 11) is 0. The van der Waals surface area contributed by atoms with Crippen LogP contribution in [0, 0.1) is 19.0 Å². The van der Waals surface area contributed by atoms with Crippen LogP contribution in [0.5, 0.6) is 0 Å². The van der Waals surface area contributed by atoms with Crippen molar-refractivity contribution >= 4 is 33.0 Å². The van der Waals surface area contributed by atoms with Crippen molar-refractivity contribution in [2.75, 3.05) is 0 Å². The second-order valence-electron chi connectivity index (χ2n) is 13.8. The topological polar surface area (TPSA) is 43.9 Å². The van der Waals surface area contributed by atoms with Crippen LogP contribution in [0.2, 0.25) is 0 Å². The van der Waals surface area contributed by atoms with Crippen molar-refractivity contribution in [3.63, 3.8) is 0 Å². The molecule has 0 saturated heterocycles. The molecule has 0 bridgehead atoms. The molecule has 0 spiro atoms. The monoisotopic (exact) mass is 883 g/mol. The maximum absolute atomic E-state index is 7.41. The standard InChI is InChI=1S/C31H27N2O.C18H14N.Ir/c1-19(2)21-12-9-13-22(20(3)4)29(21)33-27-17-7-6-16-26(27)32-31(33)25-15-10-14-24-23-11-5-8-18-28(23)34-30(24)25;1-14-7-9-15(10-8-14)17-11-12-19-18(13-17)16-5-3-2-4-6-16;/h5-14,16-20H,1-4H3;2-5,7-13H,1H3;/q2*-1;/i;1D3;. The molecular weight excluding hydrogens is 839 g/mol. The number of pyridine rings is 1. The Morgan fingerprint density at radius 2 is 1.43 bits per heavy atom. The predicted octanol–water partition coefficient (Wildman–Crippen LogP) is 13.2. The number of hydrogen-bond acceptors (Lipinski definition) is 3. The fraction of sp³-hybridized carbons (Fsp3) is 0.143. The molecule has 6 aromatic carbocycles. The molecular formula is C49H41IrN3O-2. The van der Waals surface area contributed by atoms with E-state index in [2.05, 4.69) is 104 Å². The number of imidazole rings is 1. The number of rotatable bonds is 6. The van der Waals surface area contributed by atoms with Crippen LogP contribution in [0.4, 0.5) is 0 Å². The Morgan fingerprint density at radius 1 is 0.685 bits per heavy atom. The van der Waals surface area contributed by atoms with Gasteiger partial charge in [-0.2, -0.15) is 0 Å². The predicted molar refractivity (Wildman–Crippen MR) is 219 cm³/mol. The van der Waals surface area contributed by atoms with Crippen LogP contribution in [-0.2, 0) is 20.1 Å². The zero-order chi connectivity index (χ0) is 39.0. The molecule has 3 aromatic heterocycles. The number of aryl methyl sites for hydroxylation is 1. The van der Waals surface area contributed by atoms with Gasteiger partial charge in [-0.25, -0.2) is 0 Å². The molecule has 0 N–H and O–H groups in total. The third-order valence-electron chi connectivity index (χ3n) is 9.65. The number of furan rings is 1. The molecule has 0 unspecified atom stereocenters. The second-order valence-corrected chi connectivity index (χ2v) is 13.8. The minimum Gasteiger partial charge on any atom is -0.501 e. The second kappa shape index (κ2) is 15.8. The number of para-hydroxylation sites is 4. The van der Waals surface area contributed by atoms with Crippen molar-refractivity contribution in [2.45, 2.75) is 46.4 Å². The largest absolute Gasteiger partial charge is 0.501 e. The van der Waals surface area contributed by atoms with Gasteiger partial charge in [0.25, 0.3) is 0 Å². The summed E-state index contributed by atoms with van der Waals surface area (Å²) in [5.74, 6) is 1.60. The number of fused-ring (bicyclic) bond motifs is 4. The Labute approximate surface area is 335 Å². The first-order chi connectivity index (χ1) is 27.1. The number of aromatic nitrogens is 3. The van der Waals surface area contributed by atoms with E-state index in [4.69, 9.17) is 13.5 Å². The van der Waals surface area contributed by atoms with Crippen molar-refractivity contribution in [1.29, 1.82) is 0 Å². The molecule has 5 heteroatoms. The van der Waals surface area contributed by atoms with E-state index in [9.17, 15) is 0 Å². The van der Waals surface area contributed by atoms with Crippen LogP contribution in [-0.4, -0.2) is 14.5 Å². The van der Waals surface area contributed by atoms with Gasteiger partial charge in [0.15, 0.2) is 0 Å². The molecule has 4 nitrogen and oxygen atoms in total. The summed E-state index contributed by atoms with van der Waals surface area (Å²) in [4.78, 5) is 9.52.